The Morgan fingerprint density at radius 2 is 2.16 bits per heavy atom. The number of carboxylic acids is 1. The number of aromatic amines is 1. The fourth-order valence-corrected chi connectivity index (χ4v) is 2.38. The number of nitrogens with zero attached hydrogens (tertiary/aromatic N) is 1. The van der Waals surface area contributed by atoms with Crippen molar-refractivity contribution in [1.82, 2.24) is 15.3 Å². The van der Waals surface area contributed by atoms with Gasteiger partial charge in [-0.25, -0.2) is 0 Å². The number of carbonyl (C=O) groups is 1. The molecule has 0 fully saturated rings. The van der Waals surface area contributed by atoms with Gasteiger partial charge in [-0.2, -0.15) is 0 Å². The summed E-state index contributed by atoms with van der Waals surface area (Å²) in [5, 5.41) is 14.0. The van der Waals surface area contributed by atoms with Crippen LogP contribution >= 0.6 is 0 Å². The largest absolute Gasteiger partial charge is 0.480 e. The molecule has 0 aliphatic rings. The zero-order valence-electron chi connectivity index (χ0n) is 10.3. The molecular weight excluding hydrogens is 242 g/mol. The number of hydrogen-bond acceptors (Lipinski definition) is 3. The fraction of sp³-hybridized carbons (Fsp3) is 0.143. The van der Waals surface area contributed by atoms with Crippen LogP contribution in [-0.2, 0) is 4.79 Å². The maximum atomic E-state index is 11.2. The molecule has 0 saturated carbocycles. The quantitative estimate of drug-likeness (QED) is 0.669. The molecule has 1 aromatic carbocycles. The van der Waals surface area contributed by atoms with Gasteiger partial charge in [0.2, 0.25) is 0 Å². The third-order valence-electron chi connectivity index (χ3n) is 3.29. The zero-order valence-corrected chi connectivity index (χ0v) is 10.3. The van der Waals surface area contributed by atoms with E-state index in [0.29, 0.717) is 0 Å². The molecule has 0 saturated heterocycles. The first-order valence-corrected chi connectivity index (χ1v) is 5.96. The molecule has 0 spiro atoms. The van der Waals surface area contributed by atoms with Crippen molar-refractivity contribution >= 4 is 27.8 Å². The van der Waals surface area contributed by atoms with Crippen LogP contribution < -0.4 is 5.32 Å². The van der Waals surface area contributed by atoms with E-state index >= 15 is 0 Å². The summed E-state index contributed by atoms with van der Waals surface area (Å²) in [6, 6.07) is 6.83. The Kier molecular flexibility index (Phi) is 2.68. The fourth-order valence-electron chi connectivity index (χ4n) is 2.38. The topological polar surface area (TPSA) is 78.0 Å². The molecule has 3 rings (SSSR count). The average molecular weight is 255 g/mol. The van der Waals surface area contributed by atoms with Crippen LogP contribution in [0.4, 0.5) is 0 Å². The first-order chi connectivity index (χ1) is 9.20. The van der Waals surface area contributed by atoms with Crippen LogP contribution in [0.3, 0.4) is 0 Å². The summed E-state index contributed by atoms with van der Waals surface area (Å²) in [5.74, 6) is -0.889. The van der Waals surface area contributed by atoms with Crippen LogP contribution in [0.5, 0.6) is 0 Å². The maximum Gasteiger partial charge on any atom is 0.325 e. The summed E-state index contributed by atoms with van der Waals surface area (Å²) in [7, 11) is 1.64. The number of aliphatic carboxylic acids is 1. The standard InChI is InChI=1S/C14H13N3O2/c1-15-13(14(18)19)8-2-3-9-10-7-16-5-4-11(10)17-12(9)6-8/h2-7,13,15,17H,1H3,(H,18,19). The van der Waals surface area contributed by atoms with E-state index in [1.54, 1.807) is 19.4 Å². The minimum Gasteiger partial charge on any atom is -0.480 e. The second-order valence-corrected chi connectivity index (χ2v) is 4.41. The zero-order chi connectivity index (χ0) is 13.4. The lowest BCUT2D eigenvalue weighted by Gasteiger charge is -2.11. The number of nitrogens with one attached hydrogen (secondary N) is 2. The predicted octanol–water partition coefficient (Wildman–Crippen LogP) is 2.06. The predicted molar refractivity (Wildman–Crippen MR) is 73.0 cm³/mol. The monoisotopic (exact) mass is 255 g/mol. The van der Waals surface area contributed by atoms with Crippen molar-refractivity contribution in [2.45, 2.75) is 6.04 Å². The second kappa shape index (κ2) is 4.37. The molecule has 1 unspecified atom stereocenters. The lowest BCUT2D eigenvalue weighted by molar-refractivity contribution is -0.139. The van der Waals surface area contributed by atoms with Gasteiger partial charge < -0.3 is 15.4 Å². The number of aromatic nitrogens is 2. The molecule has 1 atom stereocenters. The molecule has 2 heterocycles. The van der Waals surface area contributed by atoms with Gasteiger partial charge >= 0.3 is 5.97 Å². The SMILES string of the molecule is CNC(C(=O)O)c1ccc2c(c1)[nH]c1ccncc12. The summed E-state index contributed by atoms with van der Waals surface area (Å²) in [6.45, 7) is 0. The second-order valence-electron chi connectivity index (χ2n) is 4.41. The van der Waals surface area contributed by atoms with Crippen molar-refractivity contribution in [3.63, 3.8) is 0 Å². The van der Waals surface area contributed by atoms with Crippen molar-refractivity contribution in [1.29, 1.82) is 0 Å². The molecule has 19 heavy (non-hydrogen) atoms. The Labute approximate surface area is 109 Å². The van der Waals surface area contributed by atoms with Gasteiger partial charge in [0.25, 0.3) is 0 Å². The van der Waals surface area contributed by atoms with E-state index < -0.39 is 12.0 Å². The van der Waals surface area contributed by atoms with Gasteiger partial charge in [0.05, 0.1) is 0 Å². The Bertz CT molecular complexity index is 764. The van der Waals surface area contributed by atoms with Gasteiger partial charge in [0, 0.05) is 34.2 Å². The van der Waals surface area contributed by atoms with Crippen molar-refractivity contribution in [2.24, 2.45) is 0 Å². The number of rotatable bonds is 3. The van der Waals surface area contributed by atoms with Crippen LogP contribution in [0.25, 0.3) is 21.8 Å². The summed E-state index contributed by atoms with van der Waals surface area (Å²) in [6.07, 6.45) is 3.53. The highest BCUT2D eigenvalue weighted by atomic mass is 16.4. The van der Waals surface area contributed by atoms with Crippen LogP contribution in [0, 0.1) is 0 Å². The molecule has 0 radical (unpaired) electrons. The summed E-state index contributed by atoms with van der Waals surface area (Å²) in [5.41, 5.74) is 2.64. The number of pyridine rings is 1. The highest BCUT2D eigenvalue weighted by Gasteiger charge is 2.18. The highest BCUT2D eigenvalue weighted by Crippen LogP contribution is 2.27. The van der Waals surface area contributed by atoms with Gasteiger partial charge in [0.1, 0.15) is 6.04 Å². The molecule has 5 nitrogen and oxygen atoms in total. The number of likely N-dealkylation sites (N-methyl/N-ethyl adjacent to an activating group) is 1. The first-order valence-electron chi connectivity index (χ1n) is 5.96. The van der Waals surface area contributed by atoms with Gasteiger partial charge in [-0.05, 0) is 24.7 Å². The molecule has 0 amide bonds. The molecule has 0 bridgehead atoms. The van der Waals surface area contributed by atoms with Crippen LogP contribution in [-0.4, -0.2) is 28.1 Å². The number of carboxylic acid groups (broad SMARTS) is 1. The molecule has 96 valence electrons. The molecule has 0 aliphatic heterocycles. The Morgan fingerprint density at radius 1 is 1.32 bits per heavy atom. The van der Waals surface area contributed by atoms with Gasteiger partial charge in [0.15, 0.2) is 0 Å². The molecule has 2 aromatic heterocycles. The van der Waals surface area contributed by atoms with Crippen LogP contribution in [0.15, 0.2) is 36.7 Å². The van der Waals surface area contributed by atoms with Crippen molar-refractivity contribution in [3.8, 4) is 0 Å². The Morgan fingerprint density at radius 3 is 2.89 bits per heavy atom. The van der Waals surface area contributed by atoms with E-state index in [-0.39, 0.29) is 0 Å². The smallest absolute Gasteiger partial charge is 0.325 e. The maximum absolute atomic E-state index is 11.2. The van der Waals surface area contributed by atoms with E-state index in [9.17, 15) is 4.79 Å². The van der Waals surface area contributed by atoms with E-state index in [1.165, 1.54) is 0 Å². The molecule has 0 aliphatic carbocycles. The van der Waals surface area contributed by atoms with Crippen LogP contribution in [0.1, 0.15) is 11.6 Å². The number of benzene rings is 1. The van der Waals surface area contributed by atoms with Crippen LogP contribution in [0.2, 0.25) is 0 Å². The lowest BCUT2D eigenvalue weighted by Crippen LogP contribution is -2.24. The number of H-pyrrole nitrogens is 1. The third kappa shape index (κ3) is 1.84. The lowest BCUT2D eigenvalue weighted by atomic mass is 10.0. The molecular formula is C14H13N3O2. The van der Waals surface area contributed by atoms with E-state index in [2.05, 4.69) is 15.3 Å². The summed E-state index contributed by atoms with van der Waals surface area (Å²) < 4.78 is 0. The van der Waals surface area contributed by atoms with E-state index in [4.69, 9.17) is 5.11 Å². The summed E-state index contributed by atoms with van der Waals surface area (Å²) >= 11 is 0. The molecule has 3 N–H and O–H groups in total. The molecule has 3 aromatic rings. The Balaban J connectivity index is 2.21. The minimum absolute atomic E-state index is 0.700. The van der Waals surface area contributed by atoms with Crippen molar-refractivity contribution in [2.75, 3.05) is 7.05 Å². The van der Waals surface area contributed by atoms with Crippen molar-refractivity contribution in [3.05, 3.63) is 42.2 Å². The minimum atomic E-state index is -0.889. The van der Waals surface area contributed by atoms with Crippen molar-refractivity contribution < 1.29 is 9.90 Å². The third-order valence-corrected chi connectivity index (χ3v) is 3.29. The van der Waals surface area contributed by atoms with E-state index in [0.717, 1.165) is 27.4 Å². The average Bonchev–Trinajstić information content (AvgIpc) is 2.76. The van der Waals surface area contributed by atoms with E-state index in [1.807, 2.05) is 24.3 Å². The Hall–Kier alpha value is -2.40. The number of fused-ring (bicyclic) bond motifs is 3. The molecule has 5 heteroatoms. The van der Waals surface area contributed by atoms with Gasteiger partial charge in [-0.1, -0.05) is 12.1 Å². The van der Waals surface area contributed by atoms with Gasteiger partial charge in [-0.15, -0.1) is 0 Å². The normalized spacial score (nSPS) is 12.9. The number of hydrogen-bond donors (Lipinski definition) is 3. The highest BCUT2D eigenvalue weighted by molar-refractivity contribution is 6.07. The van der Waals surface area contributed by atoms with Gasteiger partial charge in [-0.3, -0.25) is 9.78 Å². The first kappa shape index (κ1) is 11.7. The summed E-state index contributed by atoms with van der Waals surface area (Å²) in [4.78, 5) is 18.5.